The molecule has 0 aliphatic carbocycles. The number of aliphatic hydroxyl groups is 3. The highest BCUT2D eigenvalue weighted by Gasteiger charge is 2.48. The number of aromatic amines is 1. The summed E-state index contributed by atoms with van der Waals surface area (Å²) in [7, 11) is -5.51. The van der Waals surface area contributed by atoms with Crippen LogP contribution in [0.15, 0.2) is 15.8 Å². The maximum absolute atomic E-state index is 11.5. The van der Waals surface area contributed by atoms with Crippen LogP contribution in [0.3, 0.4) is 0 Å². The molecule has 5 atom stereocenters. The van der Waals surface area contributed by atoms with Gasteiger partial charge < -0.3 is 34.4 Å². The van der Waals surface area contributed by atoms with Crippen LogP contribution in [0.5, 0.6) is 0 Å². The summed E-state index contributed by atoms with van der Waals surface area (Å²) in [6.45, 7) is 0. The van der Waals surface area contributed by atoms with Gasteiger partial charge >= 0.3 is 5.69 Å². The Morgan fingerprint density at radius 3 is 2.52 bits per heavy atom. The summed E-state index contributed by atoms with van der Waals surface area (Å²) in [5.74, 6) is -2.62. The zero-order valence-corrected chi connectivity index (χ0v) is 11.0. The number of nitrogens with zero attached hydrogens (tertiary/aromatic N) is 2. The predicted molar refractivity (Wildman–Crippen MR) is 58.7 cm³/mol. The highest BCUT2D eigenvalue weighted by molar-refractivity contribution is 7.49. The summed E-state index contributed by atoms with van der Waals surface area (Å²) in [4.78, 5) is 45.6. The second kappa shape index (κ2) is 5.42. The molecule has 2 heterocycles. The minimum Gasteiger partial charge on any atom is -0.809 e. The van der Waals surface area contributed by atoms with E-state index in [2.05, 4.69) is 5.10 Å². The molecule has 1 aliphatic rings. The van der Waals surface area contributed by atoms with Gasteiger partial charge in [-0.3, -0.25) is 9.78 Å². The lowest BCUT2D eigenvalue weighted by Gasteiger charge is -2.38. The molecule has 2 rings (SSSR count). The topological polar surface area (TPSA) is 201 Å². The van der Waals surface area contributed by atoms with Crippen molar-refractivity contribution in [3.63, 3.8) is 0 Å². The molecule has 0 bridgehead atoms. The van der Waals surface area contributed by atoms with Gasteiger partial charge in [0.05, 0.1) is 0 Å². The van der Waals surface area contributed by atoms with Crippen molar-refractivity contribution < 1.29 is 34.4 Å². The molecule has 1 aromatic heterocycles. The number of nitrogens with one attached hydrogen (secondary N) is 1. The lowest BCUT2D eigenvalue weighted by molar-refractivity contribution is -0.326. The first-order valence-electron chi connectivity index (χ1n) is 5.52. The Kier molecular flexibility index (Phi) is 4.13. The third-order valence-corrected chi connectivity index (χ3v) is 3.81. The van der Waals surface area contributed by atoms with Crippen LogP contribution in [0, 0.1) is 0 Å². The first-order chi connectivity index (χ1) is 9.62. The Hall–Kier alpha value is -1.40. The van der Waals surface area contributed by atoms with Crippen LogP contribution in [0.2, 0.25) is 0 Å². The molecule has 1 fully saturated rings. The molecule has 118 valence electrons. The molecule has 13 heteroatoms. The molecule has 1 aliphatic heterocycles. The van der Waals surface area contributed by atoms with Gasteiger partial charge in [-0.05, 0) is 7.60 Å². The first kappa shape index (κ1) is 16.0. The van der Waals surface area contributed by atoms with Gasteiger partial charge in [-0.25, -0.2) is 4.79 Å². The van der Waals surface area contributed by atoms with Gasteiger partial charge in [0.15, 0.2) is 6.23 Å². The largest absolute Gasteiger partial charge is 0.809 e. The Balaban J connectivity index is 2.34. The van der Waals surface area contributed by atoms with Gasteiger partial charge in [-0.15, -0.1) is 0 Å². The number of aromatic nitrogens is 3. The van der Waals surface area contributed by atoms with Crippen LogP contribution >= 0.6 is 7.60 Å². The average Bonchev–Trinajstić information content (AvgIpc) is 2.65. The van der Waals surface area contributed by atoms with Crippen molar-refractivity contribution in [3.8, 4) is 0 Å². The quantitative estimate of drug-likeness (QED) is 0.389. The van der Waals surface area contributed by atoms with Gasteiger partial charge in [-0.2, -0.15) is 9.78 Å². The Bertz CT molecular complexity index is 680. The standard InChI is InChI=1S/C8H12N3O9P/c12-2-1-9-11(8(16)10-2)6-4(14)3(13)5(20-6)7(15)21(17,18)19/h1,3-7,13-15H,(H,10,12,16)(H2,17,18,19)/p-2/t3-,4+,5-,6+,7?/m0/s1. The van der Waals surface area contributed by atoms with Crippen LogP contribution in [0.25, 0.3) is 0 Å². The van der Waals surface area contributed by atoms with Crippen LogP contribution < -0.4 is 21.0 Å². The summed E-state index contributed by atoms with van der Waals surface area (Å²) in [6.07, 6.45) is -6.78. The Labute approximate surface area is 115 Å². The van der Waals surface area contributed by atoms with Crippen molar-refractivity contribution in [1.29, 1.82) is 0 Å². The van der Waals surface area contributed by atoms with E-state index < -0.39 is 49.2 Å². The Morgan fingerprint density at radius 2 is 2.00 bits per heavy atom. The molecule has 1 saturated heterocycles. The Morgan fingerprint density at radius 1 is 1.38 bits per heavy atom. The molecule has 0 spiro atoms. The fourth-order valence-corrected chi connectivity index (χ4v) is 2.46. The number of H-pyrrole nitrogens is 1. The molecule has 12 nitrogen and oxygen atoms in total. The van der Waals surface area contributed by atoms with Crippen LogP contribution in [-0.4, -0.2) is 54.2 Å². The van der Waals surface area contributed by atoms with E-state index in [4.69, 9.17) is 4.74 Å². The van der Waals surface area contributed by atoms with E-state index in [0.29, 0.717) is 10.9 Å². The summed E-state index contributed by atoms with van der Waals surface area (Å²) < 4.78 is 16.0. The molecular weight excluding hydrogens is 313 g/mol. The summed E-state index contributed by atoms with van der Waals surface area (Å²) in [6, 6.07) is 0. The maximum atomic E-state index is 11.5. The van der Waals surface area contributed by atoms with E-state index in [1.165, 1.54) is 0 Å². The smallest absolute Gasteiger partial charge is 0.347 e. The molecule has 0 aromatic carbocycles. The van der Waals surface area contributed by atoms with E-state index in [-0.39, 0.29) is 0 Å². The fraction of sp³-hybridized carbons (Fsp3) is 0.625. The predicted octanol–water partition coefficient (Wildman–Crippen LogP) is -5.22. The highest BCUT2D eigenvalue weighted by Crippen LogP contribution is 2.40. The van der Waals surface area contributed by atoms with E-state index in [1.54, 1.807) is 4.98 Å². The van der Waals surface area contributed by atoms with Gasteiger partial charge in [0.25, 0.3) is 5.56 Å². The molecule has 0 radical (unpaired) electrons. The lowest BCUT2D eigenvalue weighted by atomic mass is 10.1. The average molecular weight is 323 g/mol. The van der Waals surface area contributed by atoms with Gasteiger partial charge in [-0.1, -0.05) is 0 Å². The second-order valence-corrected chi connectivity index (χ2v) is 5.92. The third-order valence-electron chi connectivity index (χ3n) is 2.87. The van der Waals surface area contributed by atoms with Gasteiger partial charge in [0, 0.05) is 0 Å². The normalized spacial score (nSPS) is 31.3. The minimum absolute atomic E-state index is 0.433. The lowest BCUT2D eigenvalue weighted by Crippen LogP contribution is -2.43. The van der Waals surface area contributed by atoms with Gasteiger partial charge in [0.2, 0.25) is 0 Å². The van der Waals surface area contributed by atoms with Crippen molar-refractivity contribution in [1.82, 2.24) is 14.8 Å². The molecular formula is C8H10N3O9P-2. The molecule has 0 saturated carbocycles. The number of rotatable bonds is 3. The third kappa shape index (κ3) is 2.96. The summed E-state index contributed by atoms with van der Waals surface area (Å²) in [5.41, 5.74) is -1.93. The van der Waals surface area contributed by atoms with Gasteiger partial charge in [0.1, 0.15) is 30.4 Å². The molecule has 21 heavy (non-hydrogen) atoms. The molecule has 4 N–H and O–H groups in total. The van der Waals surface area contributed by atoms with Crippen molar-refractivity contribution in [2.24, 2.45) is 0 Å². The molecule has 0 amide bonds. The van der Waals surface area contributed by atoms with Crippen molar-refractivity contribution >= 4 is 7.60 Å². The number of hydrogen-bond donors (Lipinski definition) is 4. The van der Waals surface area contributed by atoms with Crippen LogP contribution in [0.1, 0.15) is 6.23 Å². The van der Waals surface area contributed by atoms with Crippen LogP contribution in [0.4, 0.5) is 0 Å². The SMILES string of the molecule is O=c1cnn([C@@H]2O[C@H](C(O)P(=O)([O-])[O-])[C@@H](O)[C@H]2O)c(=O)[nH]1. The number of aliphatic hydroxyl groups excluding tert-OH is 3. The monoisotopic (exact) mass is 323 g/mol. The molecule has 1 aromatic rings. The first-order valence-corrected chi connectivity index (χ1v) is 7.13. The van der Waals surface area contributed by atoms with Crippen LogP contribution in [-0.2, 0) is 9.30 Å². The van der Waals surface area contributed by atoms with Crippen molar-refractivity contribution in [2.45, 2.75) is 30.4 Å². The van der Waals surface area contributed by atoms with E-state index in [9.17, 15) is 39.3 Å². The minimum atomic E-state index is -5.51. The summed E-state index contributed by atoms with van der Waals surface area (Å²) >= 11 is 0. The second-order valence-electron chi connectivity index (χ2n) is 4.31. The zero-order valence-electron chi connectivity index (χ0n) is 10.1. The summed E-state index contributed by atoms with van der Waals surface area (Å²) in [5, 5.41) is 32.0. The van der Waals surface area contributed by atoms with E-state index in [1.807, 2.05) is 0 Å². The van der Waals surface area contributed by atoms with E-state index in [0.717, 1.165) is 0 Å². The highest BCUT2D eigenvalue weighted by atomic mass is 31.2. The maximum Gasteiger partial charge on any atom is 0.347 e. The van der Waals surface area contributed by atoms with Crippen molar-refractivity contribution in [2.75, 3.05) is 0 Å². The zero-order chi connectivity index (χ0) is 15.9. The van der Waals surface area contributed by atoms with E-state index >= 15 is 0 Å². The number of hydrogen-bond acceptors (Lipinski definition) is 10. The van der Waals surface area contributed by atoms with Crippen molar-refractivity contribution in [3.05, 3.63) is 27.0 Å². The molecule has 1 unspecified atom stereocenters. The fourth-order valence-electron chi connectivity index (χ4n) is 1.86. The number of ether oxygens (including phenoxy) is 1.